The average Bonchev–Trinajstić information content (AvgIpc) is 3.29. The van der Waals surface area contributed by atoms with Gasteiger partial charge in [-0.3, -0.25) is 14.9 Å². The van der Waals surface area contributed by atoms with Crippen molar-refractivity contribution in [1.82, 2.24) is 5.32 Å². The first kappa shape index (κ1) is 17.9. The van der Waals surface area contributed by atoms with Crippen molar-refractivity contribution in [3.8, 4) is 0 Å². The molecule has 1 amide bonds. The predicted octanol–water partition coefficient (Wildman–Crippen LogP) is 0.822. The van der Waals surface area contributed by atoms with Gasteiger partial charge in [0.15, 0.2) is 15.9 Å². The van der Waals surface area contributed by atoms with Gasteiger partial charge in [-0.25, -0.2) is 13.2 Å². The SMILES string of the molecule is CC(OC(=O)c1ccc(S(C)(=O)=O)c([N+](=O)[O-])c1)C(=O)NC1CC1. The fourth-order valence-corrected chi connectivity index (χ4v) is 2.76. The third-order valence-corrected chi connectivity index (χ3v) is 4.51. The van der Waals surface area contributed by atoms with Crippen LogP contribution >= 0.6 is 0 Å². The zero-order valence-corrected chi connectivity index (χ0v) is 13.8. The molecule has 0 radical (unpaired) electrons. The highest BCUT2D eigenvalue weighted by Crippen LogP contribution is 2.25. The van der Waals surface area contributed by atoms with Crippen molar-refractivity contribution in [3.63, 3.8) is 0 Å². The molecule has 1 saturated carbocycles. The third kappa shape index (κ3) is 4.28. The minimum atomic E-state index is -3.82. The van der Waals surface area contributed by atoms with Crippen molar-refractivity contribution in [2.24, 2.45) is 0 Å². The molecule has 0 spiro atoms. The average molecular weight is 356 g/mol. The van der Waals surface area contributed by atoms with Crippen molar-refractivity contribution in [2.75, 3.05) is 6.26 Å². The van der Waals surface area contributed by atoms with Crippen molar-refractivity contribution in [2.45, 2.75) is 36.8 Å². The zero-order chi connectivity index (χ0) is 18.1. The summed E-state index contributed by atoms with van der Waals surface area (Å²) in [6.07, 6.45) is 1.53. The van der Waals surface area contributed by atoms with Crippen LogP contribution in [0.1, 0.15) is 30.1 Å². The second-order valence-corrected chi connectivity index (χ2v) is 7.53. The molecule has 1 aromatic rings. The molecule has 0 saturated heterocycles. The van der Waals surface area contributed by atoms with Gasteiger partial charge in [0.2, 0.25) is 0 Å². The summed E-state index contributed by atoms with van der Waals surface area (Å²) in [4.78, 5) is 33.4. The molecule has 2 rings (SSSR count). The van der Waals surface area contributed by atoms with E-state index in [4.69, 9.17) is 4.74 Å². The van der Waals surface area contributed by atoms with Gasteiger partial charge < -0.3 is 10.1 Å². The van der Waals surface area contributed by atoms with E-state index in [0.717, 1.165) is 37.3 Å². The van der Waals surface area contributed by atoms with Crippen LogP contribution in [-0.2, 0) is 19.4 Å². The summed E-state index contributed by atoms with van der Waals surface area (Å²) in [6, 6.07) is 3.01. The summed E-state index contributed by atoms with van der Waals surface area (Å²) in [6.45, 7) is 1.38. The van der Waals surface area contributed by atoms with Gasteiger partial charge >= 0.3 is 5.97 Å². The number of sulfone groups is 1. The Morgan fingerprint density at radius 2 is 2.00 bits per heavy atom. The fraction of sp³-hybridized carbons (Fsp3) is 0.429. The van der Waals surface area contributed by atoms with Crippen molar-refractivity contribution in [1.29, 1.82) is 0 Å². The Balaban J connectivity index is 2.18. The van der Waals surface area contributed by atoms with Gasteiger partial charge in [-0.15, -0.1) is 0 Å². The largest absolute Gasteiger partial charge is 0.449 e. The maximum Gasteiger partial charge on any atom is 0.339 e. The van der Waals surface area contributed by atoms with Crippen molar-refractivity contribution in [3.05, 3.63) is 33.9 Å². The van der Waals surface area contributed by atoms with E-state index in [1.54, 1.807) is 0 Å². The van der Waals surface area contributed by atoms with E-state index in [2.05, 4.69) is 5.32 Å². The van der Waals surface area contributed by atoms with Gasteiger partial charge in [0, 0.05) is 18.4 Å². The van der Waals surface area contributed by atoms with Crippen LogP contribution in [0, 0.1) is 10.1 Å². The molecule has 9 nitrogen and oxygen atoms in total. The van der Waals surface area contributed by atoms with E-state index in [9.17, 15) is 28.1 Å². The molecule has 0 bridgehead atoms. The van der Waals surface area contributed by atoms with E-state index in [1.807, 2.05) is 0 Å². The number of benzene rings is 1. The molecule has 0 heterocycles. The lowest BCUT2D eigenvalue weighted by Gasteiger charge is -2.13. The molecule has 1 unspecified atom stereocenters. The van der Waals surface area contributed by atoms with Crippen LogP contribution in [0.5, 0.6) is 0 Å². The first-order valence-corrected chi connectivity index (χ1v) is 8.98. The molecule has 1 aromatic carbocycles. The first-order valence-electron chi connectivity index (χ1n) is 7.09. The number of nitrogens with zero attached hydrogens (tertiary/aromatic N) is 1. The highest BCUT2D eigenvalue weighted by molar-refractivity contribution is 7.90. The quantitative estimate of drug-likeness (QED) is 0.453. The molecule has 1 atom stereocenters. The lowest BCUT2D eigenvalue weighted by atomic mass is 10.2. The Bertz CT molecular complexity index is 799. The smallest absolute Gasteiger partial charge is 0.339 e. The number of nitro groups is 1. The van der Waals surface area contributed by atoms with E-state index in [-0.39, 0.29) is 11.6 Å². The van der Waals surface area contributed by atoms with Crippen molar-refractivity contribution < 1.29 is 27.7 Å². The summed E-state index contributed by atoms with van der Waals surface area (Å²) in [5.74, 6) is -1.40. The van der Waals surface area contributed by atoms with Crippen molar-refractivity contribution >= 4 is 27.4 Å². The number of carbonyl (C=O) groups is 2. The van der Waals surface area contributed by atoms with Crippen LogP contribution in [0.3, 0.4) is 0 Å². The monoisotopic (exact) mass is 356 g/mol. The Kier molecular flexibility index (Phi) is 4.88. The van der Waals surface area contributed by atoms with E-state index in [1.165, 1.54) is 6.92 Å². The Morgan fingerprint density at radius 3 is 2.50 bits per heavy atom. The van der Waals surface area contributed by atoms with Crippen LogP contribution in [0.25, 0.3) is 0 Å². The van der Waals surface area contributed by atoms with Crippen LogP contribution in [0.2, 0.25) is 0 Å². The van der Waals surface area contributed by atoms with Crippen LogP contribution in [-0.4, -0.2) is 43.6 Å². The molecule has 24 heavy (non-hydrogen) atoms. The third-order valence-electron chi connectivity index (χ3n) is 3.37. The second-order valence-electron chi connectivity index (χ2n) is 5.54. The molecule has 130 valence electrons. The van der Waals surface area contributed by atoms with Crippen LogP contribution in [0.4, 0.5) is 5.69 Å². The highest BCUT2D eigenvalue weighted by Gasteiger charge is 2.29. The minimum absolute atomic E-state index is 0.105. The lowest BCUT2D eigenvalue weighted by Crippen LogP contribution is -2.37. The Labute approximate surface area is 138 Å². The summed E-state index contributed by atoms with van der Waals surface area (Å²) >= 11 is 0. The minimum Gasteiger partial charge on any atom is -0.449 e. The van der Waals surface area contributed by atoms with Gasteiger partial charge in [-0.05, 0) is 31.9 Å². The number of hydrogen-bond acceptors (Lipinski definition) is 7. The molecule has 0 aliphatic heterocycles. The topological polar surface area (TPSA) is 133 Å². The van der Waals surface area contributed by atoms with Gasteiger partial charge in [0.1, 0.15) is 4.90 Å². The number of nitro benzene ring substituents is 1. The van der Waals surface area contributed by atoms with Crippen LogP contribution < -0.4 is 5.32 Å². The van der Waals surface area contributed by atoms with Gasteiger partial charge in [0.05, 0.1) is 10.5 Å². The molecule has 1 N–H and O–H groups in total. The molecule has 0 aromatic heterocycles. The maximum atomic E-state index is 12.0. The number of carbonyl (C=O) groups excluding carboxylic acids is 2. The zero-order valence-electron chi connectivity index (χ0n) is 13.0. The lowest BCUT2D eigenvalue weighted by molar-refractivity contribution is -0.387. The number of amides is 1. The number of hydrogen-bond donors (Lipinski definition) is 1. The maximum absolute atomic E-state index is 12.0. The number of nitrogens with one attached hydrogen (secondary N) is 1. The summed E-state index contributed by atoms with van der Waals surface area (Å²) < 4.78 is 28.0. The van der Waals surface area contributed by atoms with Gasteiger partial charge in [0.25, 0.3) is 11.6 Å². The predicted molar refractivity (Wildman–Crippen MR) is 82.2 cm³/mol. The van der Waals surface area contributed by atoms with Crippen LogP contribution in [0.15, 0.2) is 23.1 Å². The number of ether oxygens (including phenoxy) is 1. The summed E-state index contributed by atoms with van der Waals surface area (Å²) in [5.41, 5.74) is -0.929. The van der Waals surface area contributed by atoms with E-state index < -0.39 is 43.3 Å². The molecule has 10 heteroatoms. The van der Waals surface area contributed by atoms with Gasteiger partial charge in [-0.2, -0.15) is 0 Å². The summed E-state index contributed by atoms with van der Waals surface area (Å²) in [5, 5.41) is 13.7. The Hall–Kier alpha value is -2.49. The second kappa shape index (κ2) is 6.56. The number of rotatable bonds is 6. The molecule has 1 fully saturated rings. The first-order chi connectivity index (χ1) is 11.1. The van der Waals surface area contributed by atoms with E-state index >= 15 is 0 Å². The van der Waals surface area contributed by atoms with E-state index in [0.29, 0.717) is 0 Å². The normalized spacial score (nSPS) is 15.4. The number of esters is 1. The standard InChI is InChI=1S/C14H16N2O7S/c1-8(13(17)15-10-4-5-10)23-14(18)9-3-6-12(24(2,21)22)11(7-9)16(19)20/h3,6-8,10H,4-5H2,1-2H3,(H,15,17). The molecular weight excluding hydrogens is 340 g/mol. The fourth-order valence-electron chi connectivity index (χ4n) is 1.93. The molecule has 1 aliphatic rings. The Morgan fingerprint density at radius 1 is 1.38 bits per heavy atom. The molecular formula is C14H16N2O7S. The molecule has 1 aliphatic carbocycles. The van der Waals surface area contributed by atoms with Gasteiger partial charge in [-0.1, -0.05) is 0 Å². The summed E-state index contributed by atoms with van der Waals surface area (Å²) in [7, 11) is -3.82. The highest BCUT2D eigenvalue weighted by atomic mass is 32.2.